The zero-order valence-corrected chi connectivity index (χ0v) is 13.6. The van der Waals surface area contributed by atoms with Gasteiger partial charge in [0.25, 0.3) is 0 Å². The Morgan fingerprint density at radius 1 is 1.50 bits per heavy atom. The zero-order chi connectivity index (χ0) is 16.1. The molecule has 22 heavy (non-hydrogen) atoms. The number of aromatic nitrogens is 3. The van der Waals surface area contributed by atoms with E-state index in [0.29, 0.717) is 5.16 Å². The van der Waals surface area contributed by atoms with E-state index in [4.69, 9.17) is 5.73 Å². The third-order valence-electron chi connectivity index (χ3n) is 2.80. The van der Waals surface area contributed by atoms with Crippen molar-refractivity contribution in [1.29, 1.82) is 0 Å². The molecule has 0 aliphatic carbocycles. The molecule has 0 atom stereocenters. The summed E-state index contributed by atoms with van der Waals surface area (Å²) in [4.78, 5) is 16.9. The van der Waals surface area contributed by atoms with E-state index in [-0.39, 0.29) is 11.6 Å². The molecular formula is C13H16FN5OS2. The number of carbonyl (C=O) groups excluding carboxylic acids is 1. The van der Waals surface area contributed by atoms with Crippen LogP contribution < -0.4 is 10.6 Å². The number of carbonyl (C=O) groups is 1. The number of halogens is 1. The minimum Gasteiger partial charge on any atom is -0.351 e. The van der Waals surface area contributed by atoms with Crippen LogP contribution >= 0.6 is 24.6 Å². The molecule has 2 amide bonds. The fraction of sp³-hybridized carbons (Fsp3) is 0.308. The first-order chi connectivity index (χ1) is 10.5. The molecule has 2 N–H and O–H groups in total. The molecule has 9 heteroatoms. The molecule has 0 aliphatic heterocycles. The van der Waals surface area contributed by atoms with Crippen LogP contribution in [-0.2, 0) is 0 Å². The molecule has 0 radical (unpaired) electrons. The third kappa shape index (κ3) is 3.72. The van der Waals surface area contributed by atoms with E-state index in [1.807, 2.05) is 0 Å². The number of benzene rings is 1. The number of hydrogen-bond donors (Lipinski definition) is 2. The summed E-state index contributed by atoms with van der Waals surface area (Å²) in [6, 6.07) is 4.94. The number of urea groups is 1. The van der Waals surface area contributed by atoms with Crippen LogP contribution in [0.2, 0.25) is 0 Å². The summed E-state index contributed by atoms with van der Waals surface area (Å²) in [6.45, 7) is 2.09. The van der Waals surface area contributed by atoms with Crippen LogP contribution in [0.5, 0.6) is 0 Å². The molecule has 2 aromatic rings. The van der Waals surface area contributed by atoms with Crippen LogP contribution in [0.25, 0.3) is 0 Å². The lowest BCUT2D eigenvalue weighted by Crippen LogP contribution is -2.33. The van der Waals surface area contributed by atoms with Gasteiger partial charge in [0, 0.05) is 5.75 Å². The summed E-state index contributed by atoms with van der Waals surface area (Å²) >= 11 is 5.58. The number of nitrogens with zero attached hydrogens (tertiary/aromatic N) is 4. The fourth-order valence-corrected chi connectivity index (χ4v) is 2.93. The Bertz CT molecular complexity index is 664. The fourth-order valence-electron chi connectivity index (χ4n) is 1.74. The monoisotopic (exact) mass is 341 g/mol. The Morgan fingerprint density at radius 3 is 2.86 bits per heavy atom. The van der Waals surface area contributed by atoms with Crippen LogP contribution in [0, 0.1) is 5.82 Å². The van der Waals surface area contributed by atoms with Crippen LogP contribution in [-0.4, -0.2) is 26.0 Å². The molecule has 2 rings (SSSR count). The Balaban J connectivity index is 2.34. The molecule has 118 valence electrons. The molecule has 6 nitrogen and oxygen atoms in total. The Labute approximate surface area is 137 Å². The number of amides is 2. The van der Waals surface area contributed by atoms with Crippen LogP contribution in [0.1, 0.15) is 19.8 Å². The summed E-state index contributed by atoms with van der Waals surface area (Å²) in [7, 11) is 0. The van der Waals surface area contributed by atoms with E-state index in [9.17, 15) is 9.18 Å². The van der Waals surface area contributed by atoms with Crippen molar-refractivity contribution in [2.75, 3.05) is 10.7 Å². The van der Waals surface area contributed by atoms with Crippen LogP contribution in [0.15, 0.2) is 29.4 Å². The number of unbranched alkanes of at least 4 members (excludes halogenated alkanes) is 1. The number of hydrogen-bond acceptors (Lipinski definition) is 5. The van der Waals surface area contributed by atoms with Gasteiger partial charge in [0.2, 0.25) is 11.1 Å². The lowest BCUT2D eigenvalue weighted by atomic mass is 10.3. The van der Waals surface area contributed by atoms with Crippen molar-refractivity contribution in [3.63, 3.8) is 0 Å². The standard InChI is InChI=1S/C13H16FN5OS2/c1-2-3-8-22-12-16-13(19(21)17-12)18(11(15)20)10-7-5-4-6-9(10)14/h4-7,21H,2-3,8H2,1H3,(H2,15,20). The van der Waals surface area contributed by atoms with Gasteiger partial charge in [0.15, 0.2) is 0 Å². The molecule has 0 saturated carbocycles. The summed E-state index contributed by atoms with van der Waals surface area (Å²) in [6.07, 6.45) is 2.08. The number of rotatable bonds is 6. The zero-order valence-electron chi connectivity index (χ0n) is 11.9. The smallest absolute Gasteiger partial charge is 0.326 e. The van der Waals surface area contributed by atoms with Gasteiger partial charge in [-0.15, -0.1) is 5.10 Å². The Morgan fingerprint density at radius 2 is 2.23 bits per heavy atom. The molecule has 0 aliphatic rings. The number of thiol groups is 1. The van der Waals surface area contributed by atoms with Gasteiger partial charge in [0.05, 0.1) is 5.69 Å². The van der Waals surface area contributed by atoms with E-state index in [0.717, 1.165) is 27.6 Å². The second-order valence-corrected chi connectivity index (χ2v) is 5.85. The first-order valence-corrected chi connectivity index (χ1v) is 8.06. The van der Waals surface area contributed by atoms with Gasteiger partial charge >= 0.3 is 6.03 Å². The molecule has 0 saturated heterocycles. The number of para-hydroxylation sites is 1. The molecular weight excluding hydrogens is 325 g/mol. The van der Waals surface area contributed by atoms with Crippen molar-refractivity contribution < 1.29 is 9.18 Å². The van der Waals surface area contributed by atoms with E-state index in [1.165, 1.54) is 30.0 Å². The maximum absolute atomic E-state index is 13.9. The highest BCUT2D eigenvalue weighted by molar-refractivity contribution is 7.99. The largest absolute Gasteiger partial charge is 0.351 e. The second-order valence-electron chi connectivity index (χ2n) is 4.41. The molecule has 0 spiro atoms. The highest BCUT2D eigenvalue weighted by Crippen LogP contribution is 2.28. The topological polar surface area (TPSA) is 77.0 Å². The minimum atomic E-state index is -0.863. The predicted octanol–water partition coefficient (Wildman–Crippen LogP) is 3.22. The van der Waals surface area contributed by atoms with Crippen molar-refractivity contribution in [3.8, 4) is 0 Å². The minimum absolute atomic E-state index is 0.00260. The Kier molecular flexibility index (Phi) is 5.67. The second kappa shape index (κ2) is 7.50. The van der Waals surface area contributed by atoms with E-state index in [2.05, 4.69) is 29.8 Å². The Hall–Kier alpha value is -1.74. The first kappa shape index (κ1) is 16.6. The number of nitrogens with two attached hydrogens (primary N) is 1. The molecule has 0 fully saturated rings. The van der Waals surface area contributed by atoms with Gasteiger partial charge in [-0.25, -0.2) is 14.1 Å². The normalized spacial score (nSPS) is 10.7. The van der Waals surface area contributed by atoms with Gasteiger partial charge in [0.1, 0.15) is 5.82 Å². The average molecular weight is 341 g/mol. The molecule has 1 heterocycles. The lowest BCUT2D eigenvalue weighted by molar-refractivity contribution is 0.255. The van der Waals surface area contributed by atoms with Crippen LogP contribution in [0.3, 0.4) is 0 Å². The van der Waals surface area contributed by atoms with Gasteiger partial charge in [-0.3, -0.25) is 0 Å². The SMILES string of the molecule is CCCCSc1nc(N(C(N)=O)c2ccccc2F)n(S)n1. The van der Waals surface area contributed by atoms with Crippen molar-refractivity contribution in [2.45, 2.75) is 24.9 Å². The number of thioether (sulfide) groups is 1. The quantitative estimate of drug-likeness (QED) is 0.480. The van der Waals surface area contributed by atoms with Gasteiger partial charge in [-0.05, 0) is 31.4 Å². The van der Waals surface area contributed by atoms with Crippen molar-refractivity contribution >= 4 is 42.2 Å². The molecule has 0 bridgehead atoms. The van der Waals surface area contributed by atoms with E-state index < -0.39 is 11.8 Å². The number of primary amides is 1. The molecule has 1 aromatic heterocycles. The summed E-state index contributed by atoms with van der Waals surface area (Å²) in [5, 5.41) is 4.56. The summed E-state index contributed by atoms with van der Waals surface area (Å²) < 4.78 is 15.1. The van der Waals surface area contributed by atoms with E-state index >= 15 is 0 Å². The third-order valence-corrected chi connectivity index (χ3v) is 3.99. The lowest BCUT2D eigenvalue weighted by Gasteiger charge is -2.18. The van der Waals surface area contributed by atoms with Crippen molar-refractivity contribution in [3.05, 3.63) is 30.1 Å². The van der Waals surface area contributed by atoms with Crippen LogP contribution in [0.4, 0.5) is 20.8 Å². The maximum atomic E-state index is 13.9. The summed E-state index contributed by atoms with van der Waals surface area (Å²) in [5.74, 6) is 0.321. The van der Waals surface area contributed by atoms with Gasteiger partial charge < -0.3 is 5.73 Å². The van der Waals surface area contributed by atoms with Crippen molar-refractivity contribution in [2.24, 2.45) is 5.73 Å². The van der Waals surface area contributed by atoms with E-state index in [1.54, 1.807) is 6.07 Å². The van der Waals surface area contributed by atoms with Crippen molar-refractivity contribution in [1.82, 2.24) is 14.2 Å². The highest BCUT2D eigenvalue weighted by atomic mass is 32.2. The van der Waals surface area contributed by atoms with Gasteiger partial charge in [-0.2, -0.15) is 9.07 Å². The summed E-state index contributed by atoms with van der Waals surface area (Å²) in [5.41, 5.74) is 5.37. The number of anilines is 2. The predicted molar refractivity (Wildman–Crippen MR) is 88.2 cm³/mol. The maximum Gasteiger partial charge on any atom is 0.326 e. The average Bonchev–Trinajstić information content (AvgIpc) is 2.82. The first-order valence-electron chi connectivity index (χ1n) is 6.67. The molecule has 0 unspecified atom stereocenters. The highest BCUT2D eigenvalue weighted by Gasteiger charge is 2.24. The van der Waals surface area contributed by atoms with Gasteiger partial charge in [-0.1, -0.05) is 37.2 Å². The molecule has 1 aromatic carbocycles.